The van der Waals surface area contributed by atoms with E-state index >= 15 is 0 Å². The minimum Gasteiger partial charge on any atom is -0.305 e. The molecule has 86 valence electrons. The molecule has 2 heterocycles. The minimum atomic E-state index is -0.265. The summed E-state index contributed by atoms with van der Waals surface area (Å²) < 4.78 is 0.836. The fourth-order valence-corrected chi connectivity index (χ4v) is 1.53. The second-order valence-electron chi connectivity index (χ2n) is 3.48. The van der Waals surface area contributed by atoms with Crippen LogP contribution < -0.4 is 5.32 Å². The first kappa shape index (κ1) is 11.7. The van der Waals surface area contributed by atoms with Crippen molar-refractivity contribution in [2.24, 2.45) is 0 Å². The van der Waals surface area contributed by atoms with Crippen LogP contribution in [0.3, 0.4) is 0 Å². The molecule has 0 unspecified atom stereocenters. The van der Waals surface area contributed by atoms with E-state index in [-0.39, 0.29) is 5.91 Å². The molecule has 0 saturated carbocycles. The third kappa shape index (κ3) is 2.88. The third-order valence-electron chi connectivity index (χ3n) is 2.20. The zero-order valence-electron chi connectivity index (χ0n) is 9.14. The molecule has 0 aromatic carbocycles. The van der Waals surface area contributed by atoms with Crippen molar-refractivity contribution in [1.82, 2.24) is 9.97 Å². The molecule has 0 aliphatic heterocycles. The Labute approximate surface area is 107 Å². The van der Waals surface area contributed by atoms with Gasteiger partial charge in [-0.25, -0.2) is 9.97 Å². The molecule has 0 spiro atoms. The van der Waals surface area contributed by atoms with Crippen LogP contribution in [-0.4, -0.2) is 15.9 Å². The van der Waals surface area contributed by atoms with Crippen LogP contribution in [0.5, 0.6) is 0 Å². The number of amides is 1. The maximum absolute atomic E-state index is 11.8. The van der Waals surface area contributed by atoms with Gasteiger partial charge in [-0.3, -0.25) is 4.79 Å². The van der Waals surface area contributed by atoms with Gasteiger partial charge in [0.25, 0.3) is 5.91 Å². The molecule has 0 aliphatic rings. The van der Waals surface area contributed by atoms with Crippen LogP contribution in [0.4, 0.5) is 5.82 Å². The van der Waals surface area contributed by atoms with Crippen molar-refractivity contribution in [3.63, 3.8) is 0 Å². The predicted molar refractivity (Wildman–Crippen MR) is 68.9 cm³/mol. The lowest BCUT2D eigenvalue weighted by atomic mass is 10.3. The monoisotopic (exact) mass is 291 g/mol. The Morgan fingerprint density at radius 2 is 2.12 bits per heavy atom. The van der Waals surface area contributed by atoms with Crippen molar-refractivity contribution in [2.45, 2.75) is 6.92 Å². The van der Waals surface area contributed by atoms with Gasteiger partial charge < -0.3 is 5.32 Å². The van der Waals surface area contributed by atoms with E-state index in [1.807, 2.05) is 19.1 Å². The quantitative estimate of drug-likeness (QED) is 0.926. The van der Waals surface area contributed by atoms with Crippen LogP contribution in [0, 0.1) is 6.92 Å². The van der Waals surface area contributed by atoms with Crippen LogP contribution in [0.1, 0.15) is 16.1 Å². The van der Waals surface area contributed by atoms with Gasteiger partial charge in [-0.2, -0.15) is 0 Å². The molecule has 0 aliphatic carbocycles. The van der Waals surface area contributed by atoms with E-state index in [0.29, 0.717) is 11.5 Å². The van der Waals surface area contributed by atoms with Crippen molar-refractivity contribution in [3.8, 4) is 0 Å². The molecular weight excluding hydrogens is 282 g/mol. The van der Waals surface area contributed by atoms with Gasteiger partial charge in [-0.15, -0.1) is 0 Å². The summed E-state index contributed by atoms with van der Waals surface area (Å²) >= 11 is 3.27. The molecule has 1 N–H and O–H groups in total. The molecule has 0 atom stereocenters. The van der Waals surface area contributed by atoms with Crippen molar-refractivity contribution in [1.29, 1.82) is 0 Å². The Morgan fingerprint density at radius 3 is 2.76 bits per heavy atom. The number of aromatic nitrogens is 2. The summed E-state index contributed by atoms with van der Waals surface area (Å²) in [7, 11) is 0. The summed E-state index contributed by atoms with van der Waals surface area (Å²) in [6.45, 7) is 1.89. The van der Waals surface area contributed by atoms with Crippen LogP contribution in [0.2, 0.25) is 0 Å². The van der Waals surface area contributed by atoms with Crippen molar-refractivity contribution >= 4 is 27.7 Å². The first-order valence-electron chi connectivity index (χ1n) is 5.01. The maximum atomic E-state index is 11.8. The minimum absolute atomic E-state index is 0.265. The summed E-state index contributed by atoms with van der Waals surface area (Å²) in [5.41, 5.74) is 1.27. The molecule has 17 heavy (non-hydrogen) atoms. The number of anilines is 1. The molecule has 2 rings (SSSR count). The van der Waals surface area contributed by atoms with E-state index in [4.69, 9.17) is 0 Å². The molecule has 1 amide bonds. The van der Waals surface area contributed by atoms with Crippen molar-refractivity contribution < 1.29 is 4.79 Å². The Balaban J connectivity index is 2.17. The van der Waals surface area contributed by atoms with E-state index in [9.17, 15) is 4.79 Å². The molecule has 4 nitrogen and oxygen atoms in total. The van der Waals surface area contributed by atoms with Gasteiger partial charge in [-0.1, -0.05) is 6.07 Å². The summed E-state index contributed by atoms with van der Waals surface area (Å²) in [5.74, 6) is 0.293. The predicted octanol–water partition coefficient (Wildman–Crippen LogP) is 2.80. The van der Waals surface area contributed by atoms with Crippen LogP contribution in [0.15, 0.2) is 41.1 Å². The standard InChI is InChI=1S/C12H10BrN3O/c1-8-3-2-6-14-11(8)16-12(17)10-5-4-9(13)7-15-10/h2-7H,1H3,(H,14,16,17). The highest BCUT2D eigenvalue weighted by Crippen LogP contribution is 2.12. The summed E-state index contributed by atoms with van der Waals surface area (Å²) in [5, 5.41) is 2.72. The highest BCUT2D eigenvalue weighted by molar-refractivity contribution is 9.10. The average molecular weight is 292 g/mol. The van der Waals surface area contributed by atoms with E-state index in [0.717, 1.165) is 10.0 Å². The number of rotatable bonds is 2. The third-order valence-corrected chi connectivity index (χ3v) is 2.67. The number of carbonyl (C=O) groups is 1. The second kappa shape index (κ2) is 5.05. The summed E-state index contributed by atoms with van der Waals surface area (Å²) in [6.07, 6.45) is 3.22. The number of hydrogen-bond acceptors (Lipinski definition) is 3. The van der Waals surface area contributed by atoms with E-state index in [2.05, 4.69) is 31.2 Å². The van der Waals surface area contributed by atoms with E-state index < -0.39 is 0 Å². The number of nitrogens with zero attached hydrogens (tertiary/aromatic N) is 2. The Kier molecular flexibility index (Phi) is 3.49. The lowest BCUT2D eigenvalue weighted by molar-refractivity contribution is 0.102. The molecule has 0 fully saturated rings. The zero-order chi connectivity index (χ0) is 12.3. The van der Waals surface area contributed by atoms with Gasteiger partial charge >= 0.3 is 0 Å². The number of carbonyl (C=O) groups excluding carboxylic acids is 1. The average Bonchev–Trinajstić information content (AvgIpc) is 2.33. The molecule has 2 aromatic heterocycles. The lowest BCUT2D eigenvalue weighted by Crippen LogP contribution is -2.15. The Bertz CT molecular complexity index is 540. The molecule has 0 radical (unpaired) electrons. The molecule has 0 saturated heterocycles. The fraction of sp³-hybridized carbons (Fsp3) is 0.0833. The molecule has 0 bridgehead atoms. The number of aryl methyl sites for hydroxylation is 1. The Morgan fingerprint density at radius 1 is 1.29 bits per heavy atom. The smallest absolute Gasteiger partial charge is 0.275 e. The first-order valence-corrected chi connectivity index (χ1v) is 5.80. The van der Waals surface area contributed by atoms with Gasteiger partial charge in [0.05, 0.1) is 0 Å². The maximum Gasteiger partial charge on any atom is 0.275 e. The van der Waals surface area contributed by atoms with Crippen molar-refractivity contribution in [2.75, 3.05) is 5.32 Å². The number of nitrogens with one attached hydrogen (secondary N) is 1. The normalized spacial score (nSPS) is 10.0. The van der Waals surface area contributed by atoms with Crippen molar-refractivity contribution in [3.05, 3.63) is 52.4 Å². The van der Waals surface area contributed by atoms with Gasteiger partial charge in [0.15, 0.2) is 0 Å². The number of halogens is 1. The van der Waals surface area contributed by atoms with Gasteiger partial charge in [0.2, 0.25) is 0 Å². The number of pyridine rings is 2. The number of hydrogen-bond donors (Lipinski definition) is 1. The highest BCUT2D eigenvalue weighted by atomic mass is 79.9. The van der Waals surface area contributed by atoms with Gasteiger partial charge in [0, 0.05) is 16.9 Å². The molecular formula is C12H10BrN3O. The summed E-state index contributed by atoms with van der Waals surface area (Å²) in [6, 6.07) is 7.13. The van der Waals surface area contributed by atoms with E-state index in [1.165, 1.54) is 0 Å². The largest absolute Gasteiger partial charge is 0.305 e. The fourth-order valence-electron chi connectivity index (χ4n) is 1.30. The van der Waals surface area contributed by atoms with Crippen LogP contribution in [-0.2, 0) is 0 Å². The van der Waals surface area contributed by atoms with Crippen LogP contribution >= 0.6 is 15.9 Å². The topological polar surface area (TPSA) is 54.9 Å². The SMILES string of the molecule is Cc1cccnc1NC(=O)c1ccc(Br)cn1. The summed E-state index contributed by atoms with van der Waals surface area (Å²) in [4.78, 5) is 20.0. The Hall–Kier alpha value is -1.75. The van der Waals surface area contributed by atoms with Gasteiger partial charge in [-0.05, 0) is 46.6 Å². The second-order valence-corrected chi connectivity index (χ2v) is 4.40. The molecule has 2 aromatic rings. The zero-order valence-corrected chi connectivity index (χ0v) is 10.7. The van der Waals surface area contributed by atoms with E-state index in [1.54, 1.807) is 24.5 Å². The van der Waals surface area contributed by atoms with Crippen LogP contribution in [0.25, 0.3) is 0 Å². The molecule has 5 heteroatoms. The lowest BCUT2D eigenvalue weighted by Gasteiger charge is -2.06. The first-order chi connectivity index (χ1) is 8.16. The van der Waals surface area contributed by atoms with Gasteiger partial charge in [0.1, 0.15) is 11.5 Å². The highest BCUT2D eigenvalue weighted by Gasteiger charge is 2.09.